The molecule has 4 nitrogen and oxygen atoms in total. The van der Waals surface area contributed by atoms with E-state index in [1.54, 1.807) is 12.1 Å². The van der Waals surface area contributed by atoms with Gasteiger partial charge in [-0.25, -0.2) is 0 Å². The molecule has 0 atom stereocenters. The zero-order valence-corrected chi connectivity index (χ0v) is 7.97. The van der Waals surface area contributed by atoms with Gasteiger partial charge in [-0.1, -0.05) is 6.07 Å². The fourth-order valence-corrected chi connectivity index (χ4v) is 1.18. The SMILES string of the molecule is CCOc1ccc(C(O)O)cc1CO. The lowest BCUT2D eigenvalue weighted by Gasteiger charge is -2.11. The van der Waals surface area contributed by atoms with Crippen molar-refractivity contribution in [3.63, 3.8) is 0 Å². The summed E-state index contributed by atoms with van der Waals surface area (Å²) >= 11 is 0. The van der Waals surface area contributed by atoms with Gasteiger partial charge in [-0.15, -0.1) is 0 Å². The Hall–Kier alpha value is -1.10. The molecule has 0 spiro atoms. The van der Waals surface area contributed by atoms with Gasteiger partial charge in [0.05, 0.1) is 13.2 Å². The summed E-state index contributed by atoms with van der Waals surface area (Å²) < 4.78 is 5.24. The third kappa shape index (κ3) is 2.45. The molecule has 0 aliphatic carbocycles. The van der Waals surface area contributed by atoms with Crippen molar-refractivity contribution in [2.24, 2.45) is 0 Å². The van der Waals surface area contributed by atoms with Gasteiger partial charge < -0.3 is 20.1 Å². The van der Waals surface area contributed by atoms with E-state index in [4.69, 9.17) is 20.1 Å². The van der Waals surface area contributed by atoms with Crippen LogP contribution in [0.15, 0.2) is 18.2 Å². The Labute approximate surface area is 82.4 Å². The predicted molar refractivity (Wildman–Crippen MR) is 50.7 cm³/mol. The molecule has 14 heavy (non-hydrogen) atoms. The molecule has 0 aliphatic rings. The van der Waals surface area contributed by atoms with E-state index >= 15 is 0 Å². The zero-order valence-electron chi connectivity index (χ0n) is 7.97. The number of benzene rings is 1. The van der Waals surface area contributed by atoms with Gasteiger partial charge in [-0.3, -0.25) is 0 Å². The Balaban J connectivity index is 2.98. The monoisotopic (exact) mass is 198 g/mol. The maximum absolute atomic E-state index is 9.01. The average molecular weight is 198 g/mol. The third-order valence-corrected chi connectivity index (χ3v) is 1.85. The molecule has 0 radical (unpaired) electrons. The molecule has 4 heteroatoms. The second kappa shape index (κ2) is 4.95. The van der Waals surface area contributed by atoms with Crippen LogP contribution in [0.4, 0.5) is 0 Å². The molecule has 0 fully saturated rings. The molecule has 3 N–H and O–H groups in total. The molecule has 0 unspecified atom stereocenters. The number of rotatable bonds is 4. The molecule has 1 aromatic rings. The molecule has 1 rings (SSSR count). The summed E-state index contributed by atoms with van der Waals surface area (Å²) in [6.45, 7) is 2.17. The largest absolute Gasteiger partial charge is 0.494 e. The van der Waals surface area contributed by atoms with Crippen molar-refractivity contribution >= 4 is 0 Å². The molecule has 1 aromatic carbocycles. The van der Waals surface area contributed by atoms with Crippen LogP contribution in [0.25, 0.3) is 0 Å². The van der Waals surface area contributed by atoms with Crippen molar-refractivity contribution in [3.05, 3.63) is 29.3 Å². The van der Waals surface area contributed by atoms with Crippen LogP contribution >= 0.6 is 0 Å². The molecule has 0 amide bonds. The summed E-state index contributed by atoms with van der Waals surface area (Å²) in [5, 5.41) is 26.8. The number of ether oxygens (including phenoxy) is 1. The highest BCUT2D eigenvalue weighted by atomic mass is 16.5. The standard InChI is InChI=1S/C10H14O4/c1-2-14-9-4-3-7(10(12)13)5-8(9)6-11/h3-5,10-13H,2,6H2,1H3. The Bertz CT molecular complexity index is 296. The molecule has 78 valence electrons. The van der Waals surface area contributed by atoms with Crippen molar-refractivity contribution in [3.8, 4) is 5.75 Å². The smallest absolute Gasteiger partial charge is 0.178 e. The summed E-state index contributed by atoms with van der Waals surface area (Å²) in [4.78, 5) is 0. The van der Waals surface area contributed by atoms with Gasteiger partial charge in [-0.05, 0) is 19.1 Å². The van der Waals surface area contributed by atoms with E-state index in [2.05, 4.69) is 0 Å². The lowest BCUT2D eigenvalue weighted by molar-refractivity contribution is -0.0425. The summed E-state index contributed by atoms with van der Waals surface area (Å²) in [7, 11) is 0. The van der Waals surface area contributed by atoms with Crippen LogP contribution in [0.5, 0.6) is 5.75 Å². The molecule has 0 bridgehead atoms. The highest BCUT2D eigenvalue weighted by molar-refractivity contribution is 5.37. The topological polar surface area (TPSA) is 69.9 Å². The fraction of sp³-hybridized carbons (Fsp3) is 0.400. The van der Waals surface area contributed by atoms with Gasteiger partial charge in [0.1, 0.15) is 5.75 Å². The maximum Gasteiger partial charge on any atom is 0.178 e. The van der Waals surface area contributed by atoms with Gasteiger partial charge in [0.2, 0.25) is 0 Å². The molecule has 0 aromatic heterocycles. The van der Waals surface area contributed by atoms with Gasteiger partial charge in [0, 0.05) is 11.1 Å². The summed E-state index contributed by atoms with van der Waals surface area (Å²) in [6.07, 6.45) is -1.52. The molecular weight excluding hydrogens is 184 g/mol. The van der Waals surface area contributed by atoms with Crippen LogP contribution in [0.1, 0.15) is 24.3 Å². The Kier molecular flexibility index (Phi) is 3.88. The Morgan fingerprint density at radius 1 is 1.36 bits per heavy atom. The third-order valence-electron chi connectivity index (χ3n) is 1.85. The Morgan fingerprint density at radius 3 is 2.57 bits per heavy atom. The first kappa shape index (κ1) is 11.0. The predicted octanol–water partition coefficient (Wildman–Crippen LogP) is 0.561. The van der Waals surface area contributed by atoms with Crippen molar-refractivity contribution < 1.29 is 20.1 Å². The normalized spacial score (nSPS) is 10.6. The molecular formula is C10H14O4. The van der Waals surface area contributed by atoms with Gasteiger partial charge in [0.25, 0.3) is 0 Å². The minimum absolute atomic E-state index is 0.185. The zero-order chi connectivity index (χ0) is 10.6. The quantitative estimate of drug-likeness (QED) is 0.618. The fourth-order valence-electron chi connectivity index (χ4n) is 1.18. The summed E-state index contributed by atoms with van der Waals surface area (Å²) in [5.74, 6) is 0.569. The van der Waals surface area contributed by atoms with E-state index in [1.165, 1.54) is 6.07 Å². The maximum atomic E-state index is 9.01. The van der Waals surface area contributed by atoms with Crippen molar-refractivity contribution in [2.75, 3.05) is 6.61 Å². The molecule has 0 saturated heterocycles. The van der Waals surface area contributed by atoms with Gasteiger partial charge >= 0.3 is 0 Å². The van der Waals surface area contributed by atoms with Crippen molar-refractivity contribution in [2.45, 2.75) is 19.8 Å². The number of aliphatic hydroxyl groups is 3. The van der Waals surface area contributed by atoms with E-state index < -0.39 is 6.29 Å². The van der Waals surface area contributed by atoms with Gasteiger partial charge in [0.15, 0.2) is 6.29 Å². The summed E-state index contributed by atoms with van der Waals surface area (Å²) in [6, 6.07) is 4.67. The molecule has 0 heterocycles. The van der Waals surface area contributed by atoms with E-state index in [0.717, 1.165) is 0 Å². The van der Waals surface area contributed by atoms with E-state index in [1.807, 2.05) is 6.92 Å². The van der Waals surface area contributed by atoms with Crippen LogP contribution in [0.2, 0.25) is 0 Å². The van der Waals surface area contributed by atoms with Crippen LogP contribution < -0.4 is 4.74 Å². The highest BCUT2D eigenvalue weighted by Gasteiger charge is 2.07. The van der Waals surface area contributed by atoms with E-state index in [-0.39, 0.29) is 6.61 Å². The highest BCUT2D eigenvalue weighted by Crippen LogP contribution is 2.22. The molecule has 0 aliphatic heterocycles. The lowest BCUT2D eigenvalue weighted by atomic mass is 10.1. The Morgan fingerprint density at radius 2 is 2.07 bits per heavy atom. The number of hydrogen-bond donors (Lipinski definition) is 3. The van der Waals surface area contributed by atoms with Crippen LogP contribution in [-0.4, -0.2) is 21.9 Å². The first-order valence-corrected chi connectivity index (χ1v) is 4.41. The lowest BCUT2D eigenvalue weighted by Crippen LogP contribution is -2.00. The van der Waals surface area contributed by atoms with E-state index in [0.29, 0.717) is 23.5 Å². The van der Waals surface area contributed by atoms with Crippen LogP contribution in [0.3, 0.4) is 0 Å². The van der Waals surface area contributed by atoms with Crippen LogP contribution in [-0.2, 0) is 6.61 Å². The number of aliphatic hydroxyl groups excluding tert-OH is 2. The van der Waals surface area contributed by atoms with Crippen molar-refractivity contribution in [1.29, 1.82) is 0 Å². The first-order chi connectivity index (χ1) is 6.69. The van der Waals surface area contributed by atoms with E-state index in [9.17, 15) is 0 Å². The van der Waals surface area contributed by atoms with Gasteiger partial charge in [-0.2, -0.15) is 0 Å². The minimum atomic E-state index is -1.52. The molecule has 0 saturated carbocycles. The second-order valence-electron chi connectivity index (χ2n) is 2.83. The summed E-state index contributed by atoms with van der Waals surface area (Å²) in [5.41, 5.74) is 0.898. The average Bonchev–Trinajstić information content (AvgIpc) is 2.18. The van der Waals surface area contributed by atoms with Crippen molar-refractivity contribution in [1.82, 2.24) is 0 Å². The van der Waals surface area contributed by atoms with Crippen LogP contribution in [0, 0.1) is 0 Å². The second-order valence-corrected chi connectivity index (χ2v) is 2.83. The first-order valence-electron chi connectivity index (χ1n) is 4.41. The minimum Gasteiger partial charge on any atom is -0.494 e. The number of hydrogen-bond acceptors (Lipinski definition) is 4.